The Morgan fingerprint density at radius 1 is 1.26 bits per heavy atom. The third kappa shape index (κ3) is 5.81. The molecule has 1 saturated carbocycles. The van der Waals surface area contributed by atoms with Crippen molar-refractivity contribution >= 4 is 30.1 Å². The van der Waals surface area contributed by atoms with Crippen molar-refractivity contribution in [3.63, 3.8) is 0 Å². The molecule has 10 nitrogen and oxygen atoms in total. The van der Waals surface area contributed by atoms with Crippen LogP contribution in [0.2, 0.25) is 0 Å². The Balaban J connectivity index is 0.00000324. The zero-order valence-electron chi connectivity index (χ0n) is 18.1. The van der Waals surface area contributed by atoms with Crippen LogP contribution in [0.15, 0.2) is 22.6 Å². The molecule has 1 aliphatic heterocycles. The SMILES string of the molecule is C[C@H](N)c1oc(-c2ccc(OC(F)F)c(OCC3CC3)c2)nc1C(=O)N1CC(=O)NC(=O)C1.Cl. The fourth-order valence-corrected chi connectivity index (χ4v) is 3.29. The van der Waals surface area contributed by atoms with Crippen LogP contribution in [0.4, 0.5) is 8.78 Å². The van der Waals surface area contributed by atoms with E-state index < -0.39 is 30.4 Å². The Labute approximate surface area is 199 Å². The lowest BCUT2D eigenvalue weighted by molar-refractivity contribution is -0.135. The summed E-state index contributed by atoms with van der Waals surface area (Å²) in [5.41, 5.74) is 6.15. The maximum atomic E-state index is 13.0. The molecule has 0 spiro atoms. The molecule has 2 heterocycles. The number of nitrogens with zero attached hydrogens (tertiary/aromatic N) is 2. The maximum Gasteiger partial charge on any atom is 0.387 e. The molecule has 3 amide bonds. The summed E-state index contributed by atoms with van der Waals surface area (Å²) in [6, 6.07) is 3.44. The van der Waals surface area contributed by atoms with Gasteiger partial charge in [0.2, 0.25) is 17.7 Å². The lowest BCUT2D eigenvalue weighted by Crippen LogP contribution is -2.53. The summed E-state index contributed by atoms with van der Waals surface area (Å²) >= 11 is 0. The number of oxazole rings is 1. The molecule has 2 fully saturated rings. The van der Waals surface area contributed by atoms with Crippen molar-refractivity contribution in [1.82, 2.24) is 15.2 Å². The number of alkyl halides is 2. The first-order valence-corrected chi connectivity index (χ1v) is 10.3. The van der Waals surface area contributed by atoms with Crippen molar-refractivity contribution < 1.29 is 37.1 Å². The van der Waals surface area contributed by atoms with E-state index in [-0.39, 0.29) is 54.3 Å². The molecule has 13 heteroatoms. The summed E-state index contributed by atoms with van der Waals surface area (Å²) in [6.45, 7) is -1.72. The number of halogens is 3. The Hall–Kier alpha value is -3.25. The molecule has 34 heavy (non-hydrogen) atoms. The van der Waals surface area contributed by atoms with Crippen LogP contribution in [-0.4, -0.2) is 53.9 Å². The van der Waals surface area contributed by atoms with Crippen LogP contribution in [-0.2, 0) is 9.59 Å². The number of ether oxygens (including phenoxy) is 2. The van der Waals surface area contributed by atoms with Crippen molar-refractivity contribution in [2.75, 3.05) is 19.7 Å². The number of amides is 3. The highest BCUT2D eigenvalue weighted by Gasteiger charge is 2.32. The number of piperazine rings is 1. The number of hydrogen-bond acceptors (Lipinski definition) is 8. The number of benzene rings is 1. The zero-order chi connectivity index (χ0) is 23.7. The molecule has 0 unspecified atom stereocenters. The van der Waals surface area contributed by atoms with E-state index >= 15 is 0 Å². The molecule has 184 valence electrons. The first-order valence-electron chi connectivity index (χ1n) is 10.3. The highest BCUT2D eigenvalue weighted by atomic mass is 35.5. The second-order valence-electron chi connectivity index (χ2n) is 7.95. The van der Waals surface area contributed by atoms with E-state index in [2.05, 4.69) is 15.0 Å². The van der Waals surface area contributed by atoms with Crippen molar-refractivity contribution in [2.45, 2.75) is 32.4 Å². The van der Waals surface area contributed by atoms with Gasteiger partial charge in [0.1, 0.15) is 13.1 Å². The van der Waals surface area contributed by atoms with Gasteiger partial charge in [-0.15, -0.1) is 12.4 Å². The van der Waals surface area contributed by atoms with E-state index in [4.69, 9.17) is 14.9 Å². The van der Waals surface area contributed by atoms with Gasteiger partial charge in [-0.2, -0.15) is 8.78 Å². The largest absolute Gasteiger partial charge is 0.489 e. The van der Waals surface area contributed by atoms with Crippen LogP contribution in [0, 0.1) is 5.92 Å². The van der Waals surface area contributed by atoms with E-state index in [1.807, 2.05) is 0 Å². The third-order valence-corrected chi connectivity index (χ3v) is 5.08. The fraction of sp³-hybridized carbons (Fsp3) is 0.429. The van der Waals surface area contributed by atoms with Crippen LogP contribution in [0.3, 0.4) is 0 Å². The Bertz CT molecular complexity index is 1070. The van der Waals surface area contributed by atoms with Crippen molar-refractivity contribution in [2.24, 2.45) is 11.7 Å². The van der Waals surface area contributed by atoms with Gasteiger partial charge in [0.25, 0.3) is 5.91 Å². The minimum absolute atomic E-state index is 0. The topological polar surface area (TPSA) is 137 Å². The Kier molecular flexibility index (Phi) is 7.72. The minimum atomic E-state index is -3.03. The lowest BCUT2D eigenvalue weighted by atomic mass is 10.2. The van der Waals surface area contributed by atoms with Crippen molar-refractivity contribution in [3.8, 4) is 23.0 Å². The summed E-state index contributed by atoms with van der Waals surface area (Å²) < 4.78 is 41.5. The fourth-order valence-electron chi connectivity index (χ4n) is 3.29. The van der Waals surface area contributed by atoms with E-state index in [9.17, 15) is 23.2 Å². The Morgan fingerprint density at radius 2 is 1.94 bits per heavy atom. The average molecular weight is 501 g/mol. The predicted octanol–water partition coefficient (Wildman–Crippen LogP) is 2.27. The van der Waals surface area contributed by atoms with Gasteiger partial charge in [0.05, 0.1) is 12.6 Å². The molecular weight excluding hydrogens is 478 g/mol. The number of imide groups is 1. The summed E-state index contributed by atoms with van der Waals surface area (Å²) in [4.78, 5) is 41.6. The first-order chi connectivity index (χ1) is 15.7. The molecule has 3 N–H and O–H groups in total. The number of nitrogens with two attached hydrogens (primary N) is 1. The highest BCUT2D eigenvalue weighted by Crippen LogP contribution is 2.37. The molecule has 1 saturated heterocycles. The van der Waals surface area contributed by atoms with Gasteiger partial charge in [-0.05, 0) is 43.9 Å². The quantitative estimate of drug-likeness (QED) is 0.527. The highest BCUT2D eigenvalue weighted by molar-refractivity contribution is 6.05. The van der Waals surface area contributed by atoms with Crippen molar-refractivity contribution in [1.29, 1.82) is 0 Å². The number of carbonyl (C=O) groups excluding carboxylic acids is 3. The molecule has 1 atom stereocenters. The van der Waals surface area contributed by atoms with E-state index in [1.54, 1.807) is 6.92 Å². The lowest BCUT2D eigenvalue weighted by Gasteiger charge is -2.24. The van der Waals surface area contributed by atoms with Crippen LogP contribution < -0.4 is 20.5 Å². The first kappa shape index (κ1) is 25.4. The molecular formula is C21H23ClF2N4O6. The third-order valence-electron chi connectivity index (χ3n) is 5.08. The standard InChI is InChI=1S/C21H22F2N4O6.ClH/c1-10(24)18-17(20(30)27-7-15(28)25-16(29)8-27)26-19(33-18)12-4-5-13(32-21(22)23)14(6-12)31-9-11-2-3-11;/h4-6,10-11,21H,2-3,7-9,24H2,1H3,(H,25,28,29);1H/t10-;/m0./s1. The summed E-state index contributed by atoms with van der Waals surface area (Å²) in [7, 11) is 0. The van der Waals surface area contributed by atoms with E-state index in [0.29, 0.717) is 18.1 Å². The van der Waals surface area contributed by atoms with Gasteiger partial charge in [-0.25, -0.2) is 4.98 Å². The predicted molar refractivity (Wildman–Crippen MR) is 116 cm³/mol. The molecule has 4 rings (SSSR count). The van der Waals surface area contributed by atoms with Gasteiger partial charge >= 0.3 is 6.61 Å². The summed E-state index contributed by atoms with van der Waals surface area (Å²) in [5.74, 6) is -1.54. The van der Waals surface area contributed by atoms with Crippen LogP contribution in [0.25, 0.3) is 11.5 Å². The van der Waals surface area contributed by atoms with Crippen LogP contribution in [0.5, 0.6) is 11.5 Å². The van der Waals surface area contributed by atoms with E-state index in [0.717, 1.165) is 17.7 Å². The Morgan fingerprint density at radius 3 is 2.53 bits per heavy atom. The smallest absolute Gasteiger partial charge is 0.387 e. The zero-order valence-corrected chi connectivity index (χ0v) is 18.9. The molecule has 0 radical (unpaired) electrons. The number of hydrogen-bond donors (Lipinski definition) is 2. The summed E-state index contributed by atoms with van der Waals surface area (Å²) in [5, 5.41) is 2.11. The molecule has 1 aromatic heterocycles. The van der Waals surface area contributed by atoms with Gasteiger partial charge in [-0.3, -0.25) is 19.7 Å². The van der Waals surface area contributed by atoms with Crippen LogP contribution in [0.1, 0.15) is 42.1 Å². The van der Waals surface area contributed by atoms with Gasteiger partial charge in [0, 0.05) is 5.56 Å². The molecule has 0 bridgehead atoms. The molecule has 2 aliphatic rings. The van der Waals surface area contributed by atoms with E-state index in [1.165, 1.54) is 18.2 Å². The van der Waals surface area contributed by atoms with Gasteiger partial charge in [0.15, 0.2) is 23.0 Å². The normalized spacial score (nSPS) is 16.7. The summed E-state index contributed by atoms with van der Waals surface area (Å²) in [6.07, 6.45) is 2.01. The number of rotatable bonds is 8. The molecule has 2 aromatic rings. The maximum absolute atomic E-state index is 13.0. The second-order valence-corrected chi connectivity index (χ2v) is 7.95. The van der Waals surface area contributed by atoms with Gasteiger partial charge in [-0.1, -0.05) is 0 Å². The average Bonchev–Trinajstić information content (AvgIpc) is 3.46. The minimum Gasteiger partial charge on any atom is -0.489 e. The monoisotopic (exact) mass is 500 g/mol. The second kappa shape index (κ2) is 10.3. The number of nitrogens with one attached hydrogen (secondary N) is 1. The number of aromatic nitrogens is 1. The molecule has 1 aliphatic carbocycles. The van der Waals surface area contributed by atoms with Crippen molar-refractivity contribution in [3.05, 3.63) is 29.7 Å². The number of carbonyl (C=O) groups is 3. The van der Waals surface area contributed by atoms with Gasteiger partial charge < -0.3 is 24.5 Å². The van der Waals surface area contributed by atoms with Crippen LogP contribution >= 0.6 is 12.4 Å². The molecule has 1 aromatic carbocycles.